The van der Waals surface area contributed by atoms with Gasteiger partial charge < -0.3 is 15.5 Å². The number of rotatable bonds is 4. The van der Waals surface area contributed by atoms with E-state index < -0.39 is 23.0 Å². The number of amides is 1. The maximum absolute atomic E-state index is 14.0. The lowest BCUT2D eigenvalue weighted by Gasteiger charge is -2.41. The summed E-state index contributed by atoms with van der Waals surface area (Å²) < 4.78 is 28.0. The molecule has 2 aliphatic rings. The van der Waals surface area contributed by atoms with Crippen molar-refractivity contribution in [2.75, 3.05) is 6.54 Å². The highest BCUT2D eigenvalue weighted by atomic mass is 19.3. The molecule has 0 radical (unpaired) electrons. The van der Waals surface area contributed by atoms with Gasteiger partial charge in [-0.25, -0.2) is 0 Å². The molecule has 1 aromatic carbocycles. The van der Waals surface area contributed by atoms with Crippen molar-refractivity contribution in [3.05, 3.63) is 35.4 Å². The standard InChI is InChI=1S/C16H19F2NO3/c17-16(18,15(22)7-3-8-15)13(20)19-10-14(21)9-6-11-4-1-2-5-12(11)14/h1-2,4-5,21-22H,3,6-10H2,(H,19,20). The second kappa shape index (κ2) is 4.99. The maximum atomic E-state index is 14.0. The van der Waals surface area contributed by atoms with E-state index in [0.717, 1.165) is 5.56 Å². The van der Waals surface area contributed by atoms with Gasteiger partial charge in [-0.15, -0.1) is 0 Å². The van der Waals surface area contributed by atoms with E-state index in [1.807, 2.05) is 12.1 Å². The molecule has 0 bridgehead atoms. The highest BCUT2D eigenvalue weighted by molar-refractivity contribution is 5.85. The first kappa shape index (κ1) is 15.4. The summed E-state index contributed by atoms with van der Waals surface area (Å²) in [5, 5.41) is 22.5. The monoisotopic (exact) mass is 311 g/mol. The van der Waals surface area contributed by atoms with Gasteiger partial charge in [-0.3, -0.25) is 4.79 Å². The molecule has 0 saturated heterocycles. The number of carbonyl (C=O) groups excluding carboxylic acids is 1. The van der Waals surface area contributed by atoms with Gasteiger partial charge in [0, 0.05) is 0 Å². The smallest absolute Gasteiger partial charge is 0.352 e. The second-order valence-corrected chi connectivity index (χ2v) is 6.33. The Kier molecular flexibility index (Phi) is 3.49. The minimum absolute atomic E-state index is 0.0828. The van der Waals surface area contributed by atoms with Crippen LogP contribution < -0.4 is 5.32 Å². The van der Waals surface area contributed by atoms with Crippen molar-refractivity contribution in [2.24, 2.45) is 0 Å². The van der Waals surface area contributed by atoms with Crippen LogP contribution in [0.4, 0.5) is 8.78 Å². The molecule has 1 amide bonds. The summed E-state index contributed by atoms with van der Waals surface area (Å²) >= 11 is 0. The summed E-state index contributed by atoms with van der Waals surface area (Å²) in [6.45, 7) is -0.283. The molecular weight excluding hydrogens is 292 g/mol. The van der Waals surface area contributed by atoms with Crippen LogP contribution in [0.5, 0.6) is 0 Å². The van der Waals surface area contributed by atoms with Crippen molar-refractivity contribution < 1.29 is 23.8 Å². The van der Waals surface area contributed by atoms with E-state index in [1.165, 1.54) is 0 Å². The number of hydrogen-bond acceptors (Lipinski definition) is 3. The first-order valence-electron chi connectivity index (χ1n) is 7.48. The van der Waals surface area contributed by atoms with Gasteiger partial charge in [0.2, 0.25) is 0 Å². The molecule has 6 heteroatoms. The van der Waals surface area contributed by atoms with Crippen molar-refractivity contribution in [2.45, 2.75) is 49.2 Å². The highest BCUT2D eigenvalue weighted by Gasteiger charge is 2.61. The van der Waals surface area contributed by atoms with E-state index in [-0.39, 0.29) is 19.4 Å². The molecule has 0 aliphatic heterocycles. The van der Waals surface area contributed by atoms with Gasteiger partial charge in [0.25, 0.3) is 5.91 Å². The van der Waals surface area contributed by atoms with Crippen LogP contribution in [0.1, 0.15) is 36.8 Å². The molecule has 0 spiro atoms. The summed E-state index contributed by atoms with van der Waals surface area (Å²) in [7, 11) is 0. The summed E-state index contributed by atoms with van der Waals surface area (Å²) in [4.78, 5) is 11.8. The first-order valence-corrected chi connectivity index (χ1v) is 7.48. The van der Waals surface area contributed by atoms with Crippen LogP contribution >= 0.6 is 0 Å². The SMILES string of the molecule is O=C(NCC1(O)CCc2ccccc21)C(F)(F)C1(O)CCC1. The van der Waals surface area contributed by atoms with Gasteiger partial charge in [-0.2, -0.15) is 8.78 Å². The zero-order valence-electron chi connectivity index (χ0n) is 12.1. The van der Waals surface area contributed by atoms with E-state index in [1.54, 1.807) is 12.1 Å². The maximum Gasteiger partial charge on any atom is 0.352 e. The quantitative estimate of drug-likeness (QED) is 0.789. The number of aliphatic hydroxyl groups is 2. The third-order valence-corrected chi connectivity index (χ3v) is 4.92. The lowest BCUT2D eigenvalue weighted by Crippen LogP contribution is -2.61. The summed E-state index contributed by atoms with van der Waals surface area (Å²) in [5.74, 6) is -5.35. The Morgan fingerprint density at radius 1 is 1.23 bits per heavy atom. The molecule has 120 valence electrons. The fraction of sp³-hybridized carbons (Fsp3) is 0.562. The molecule has 0 aromatic heterocycles. The molecule has 1 atom stereocenters. The summed E-state index contributed by atoms with van der Waals surface area (Å²) in [6.07, 6.45) is 1.34. The van der Waals surface area contributed by atoms with E-state index in [0.29, 0.717) is 24.8 Å². The largest absolute Gasteiger partial charge is 0.383 e. The van der Waals surface area contributed by atoms with Crippen LogP contribution in [0.3, 0.4) is 0 Å². The Bertz CT molecular complexity index is 601. The Labute approximate surface area is 127 Å². The van der Waals surface area contributed by atoms with Crippen molar-refractivity contribution in [1.29, 1.82) is 0 Å². The van der Waals surface area contributed by atoms with Gasteiger partial charge in [0.1, 0.15) is 11.2 Å². The van der Waals surface area contributed by atoms with Gasteiger partial charge in [0.15, 0.2) is 0 Å². The van der Waals surface area contributed by atoms with Crippen LogP contribution in [-0.4, -0.2) is 34.2 Å². The molecule has 0 heterocycles. The van der Waals surface area contributed by atoms with E-state index in [4.69, 9.17) is 0 Å². The van der Waals surface area contributed by atoms with E-state index >= 15 is 0 Å². The lowest BCUT2D eigenvalue weighted by atomic mass is 9.75. The van der Waals surface area contributed by atoms with Gasteiger partial charge >= 0.3 is 5.92 Å². The van der Waals surface area contributed by atoms with Gasteiger partial charge in [-0.1, -0.05) is 24.3 Å². The number of nitrogens with one attached hydrogen (secondary N) is 1. The van der Waals surface area contributed by atoms with Crippen molar-refractivity contribution >= 4 is 5.91 Å². The van der Waals surface area contributed by atoms with Crippen molar-refractivity contribution in [3.63, 3.8) is 0 Å². The van der Waals surface area contributed by atoms with Crippen LogP contribution in [0.25, 0.3) is 0 Å². The molecule has 1 unspecified atom stereocenters. The van der Waals surface area contributed by atoms with Crippen molar-refractivity contribution in [1.82, 2.24) is 5.32 Å². The molecule has 3 rings (SSSR count). The molecule has 2 aliphatic carbocycles. The van der Waals surface area contributed by atoms with Gasteiger partial charge in [-0.05, 0) is 43.2 Å². The molecule has 4 nitrogen and oxygen atoms in total. The second-order valence-electron chi connectivity index (χ2n) is 6.33. The average Bonchev–Trinajstić information content (AvgIpc) is 2.80. The Morgan fingerprint density at radius 2 is 1.91 bits per heavy atom. The summed E-state index contributed by atoms with van der Waals surface area (Å²) in [5.41, 5.74) is -1.94. The Morgan fingerprint density at radius 3 is 2.55 bits per heavy atom. The molecule has 1 fully saturated rings. The van der Waals surface area contributed by atoms with E-state index in [2.05, 4.69) is 5.32 Å². The number of halogens is 2. The van der Waals surface area contributed by atoms with Gasteiger partial charge in [0.05, 0.1) is 6.54 Å². The summed E-state index contributed by atoms with van der Waals surface area (Å²) in [6, 6.07) is 7.24. The molecular formula is C16H19F2NO3. The predicted octanol–water partition coefficient (Wildman–Crippen LogP) is 1.49. The Hall–Kier alpha value is -1.53. The number of alkyl halides is 2. The average molecular weight is 311 g/mol. The minimum Gasteiger partial charge on any atom is -0.383 e. The number of aryl methyl sites for hydroxylation is 1. The van der Waals surface area contributed by atoms with Crippen LogP contribution in [0.15, 0.2) is 24.3 Å². The Balaban J connectivity index is 1.69. The topological polar surface area (TPSA) is 69.6 Å². The molecule has 1 aromatic rings. The third-order valence-electron chi connectivity index (χ3n) is 4.92. The number of hydrogen-bond donors (Lipinski definition) is 3. The molecule has 1 saturated carbocycles. The van der Waals surface area contributed by atoms with Crippen LogP contribution in [0.2, 0.25) is 0 Å². The first-order chi connectivity index (χ1) is 10.3. The minimum atomic E-state index is -3.83. The fourth-order valence-electron chi connectivity index (χ4n) is 3.23. The third kappa shape index (κ3) is 2.21. The number of carbonyl (C=O) groups is 1. The molecule has 3 N–H and O–H groups in total. The van der Waals surface area contributed by atoms with E-state index in [9.17, 15) is 23.8 Å². The number of fused-ring (bicyclic) bond motifs is 1. The zero-order valence-corrected chi connectivity index (χ0v) is 12.1. The fourth-order valence-corrected chi connectivity index (χ4v) is 3.23. The van der Waals surface area contributed by atoms with Crippen LogP contribution in [-0.2, 0) is 16.8 Å². The predicted molar refractivity (Wildman–Crippen MR) is 75.4 cm³/mol. The van der Waals surface area contributed by atoms with Crippen LogP contribution in [0, 0.1) is 0 Å². The highest BCUT2D eigenvalue weighted by Crippen LogP contribution is 2.44. The van der Waals surface area contributed by atoms with Crippen molar-refractivity contribution in [3.8, 4) is 0 Å². The normalized spacial score (nSPS) is 26.2. The zero-order chi connectivity index (χ0) is 16.0. The molecule has 22 heavy (non-hydrogen) atoms. The lowest BCUT2D eigenvalue weighted by molar-refractivity contribution is -0.216. The number of benzene rings is 1.